The van der Waals surface area contributed by atoms with Gasteiger partial charge in [-0.05, 0) is 31.0 Å². The molecule has 1 aromatic rings. The highest BCUT2D eigenvalue weighted by Gasteiger charge is 2.34. The van der Waals surface area contributed by atoms with Crippen LogP contribution in [0.25, 0.3) is 0 Å². The highest BCUT2D eigenvalue weighted by molar-refractivity contribution is 5.95. The van der Waals surface area contributed by atoms with Crippen LogP contribution in [0.15, 0.2) is 24.3 Å². The normalized spacial score (nSPS) is 15.5. The Morgan fingerprint density at radius 1 is 1.45 bits per heavy atom. The van der Waals surface area contributed by atoms with Crippen LogP contribution in [0.4, 0.5) is 0 Å². The number of ether oxygens (including phenoxy) is 1. The summed E-state index contributed by atoms with van der Waals surface area (Å²) in [5, 5.41) is 9.01. The fourth-order valence-corrected chi connectivity index (χ4v) is 2.08. The molecule has 2 rings (SSSR count). The van der Waals surface area contributed by atoms with Crippen molar-refractivity contribution in [2.45, 2.75) is 25.8 Å². The van der Waals surface area contributed by atoms with Crippen LogP contribution in [0.1, 0.15) is 30.1 Å². The summed E-state index contributed by atoms with van der Waals surface area (Å²) < 4.78 is 5.12. The van der Waals surface area contributed by atoms with Crippen molar-refractivity contribution in [2.75, 3.05) is 13.7 Å². The van der Waals surface area contributed by atoms with Gasteiger partial charge in [0.05, 0.1) is 13.0 Å². The van der Waals surface area contributed by atoms with Gasteiger partial charge in [0, 0.05) is 18.2 Å². The molecule has 1 aromatic carbocycles. The molecule has 0 bridgehead atoms. The summed E-state index contributed by atoms with van der Waals surface area (Å²) in [6.45, 7) is 1.87. The van der Waals surface area contributed by atoms with E-state index in [9.17, 15) is 9.59 Å². The number of carbonyl (C=O) groups excluding carboxylic acids is 1. The lowest BCUT2D eigenvalue weighted by molar-refractivity contribution is -0.141. The van der Waals surface area contributed by atoms with Crippen molar-refractivity contribution in [3.05, 3.63) is 29.8 Å². The summed E-state index contributed by atoms with van der Waals surface area (Å²) >= 11 is 0. The highest BCUT2D eigenvalue weighted by Crippen LogP contribution is 2.29. The maximum atomic E-state index is 12.5. The average Bonchev–Trinajstić information content (AvgIpc) is 3.28. The summed E-state index contributed by atoms with van der Waals surface area (Å²) in [4.78, 5) is 25.2. The van der Waals surface area contributed by atoms with Crippen LogP contribution in [0.2, 0.25) is 0 Å². The van der Waals surface area contributed by atoms with Crippen LogP contribution in [0, 0.1) is 5.92 Å². The number of carbonyl (C=O) groups is 2. The van der Waals surface area contributed by atoms with Crippen LogP contribution in [0.3, 0.4) is 0 Å². The lowest BCUT2D eigenvalue weighted by Crippen LogP contribution is -2.38. The van der Waals surface area contributed by atoms with E-state index >= 15 is 0 Å². The lowest BCUT2D eigenvalue weighted by Gasteiger charge is -2.24. The van der Waals surface area contributed by atoms with Crippen molar-refractivity contribution in [3.8, 4) is 5.75 Å². The summed E-state index contributed by atoms with van der Waals surface area (Å²) in [5.74, 6) is -0.948. The van der Waals surface area contributed by atoms with Crippen molar-refractivity contribution in [1.82, 2.24) is 4.90 Å². The van der Waals surface area contributed by atoms with Gasteiger partial charge in [-0.3, -0.25) is 9.59 Å². The first-order chi connectivity index (χ1) is 9.52. The van der Waals surface area contributed by atoms with Crippen molar-refractivity contribution >= 4 is 11.9 Å². The van der Waals surface area contributed by atoms with E-state index in [2.05, 4.69) is 0 Å². The molecular formula is C15H19NO4. The second kappa shape index (κ2) is 5.94. The second-order valence-electron chi connectivity index (χ2n) is 5.16. The Bertz CT molecular complexity index is 510. The van der Waals surface area contributed by atoms with E-state index < -0.39 is 11.9 Å². The predicted molar refractivity (Wildman–Crippen MR) is 73.9 cm³/mol. The van der Waals surface area contributed by atoms with Crippen LogP contribution in [0.5, 0.6) is 5.75 Å². The topological polar surface area (TPSA) is 66.8 Å². The molecule has 1 saturated carbocycles. The molecule has 1 N–H and O–H groups in total. The van der Waals surface area contributed by atoms with Gasteiger partial charge < -0.3 is 14.7 Å². The predicted octanol–water partition coefficient (Wildman–Crippen LogP) is 2.02. The minimum Gasteiger partial charge on any atom is -0.497 e. The second-order valence-corrected chi connectivity index (χ2v) is 5.16. The Morgan fingerprint density at radius 2 is 2.15 bits per heavy atom. The van der Waals surface area contributed by atoms with Crippen LogP contribution in [-0.2, 0) is 4.79 Å². The zero-order valence-electron chi connectivity index (χ0n) is 11.7. The van der Waals surface area contributed by atoms with Crippen LogP contribution in [-0.4, -0.2) is 41.6 Å². The summed E-state index contributed by atoms with van der Waals surface area (Å²) in [6.07, 6.45) is 1.89. The van der Waals surface area contributed by atoms with Crippen LogP contribution >= 0.6 is 0 Å². The molecule has 0 radical (unpaired) electrons. The fourth-order valence-electron chi connectivity index (χ4n) is 2.08. The van der Waals surface area contributed by atoms with Gasteiger partial charge in [-0.25, -0.2) is 0 Å². The highest BCUT2D eigenvalue weighted by atomic mass is 16.5. The first kappa shape index (κ1) is 14.4. The van der Waals surface area contributed by atoms with E-state index in [0.29, 0.717) is 11.3 Å². The molecular weight excluding hydrogens is 258 g/mol. The molecule has 0 aliphatic heterocycles. The molecule has 0 spiro atoms. The molecule has 1 amide bonds. The third-order valence-corrected chi connectivity index (χ3v) is 3.46. The molecule has 1 aliphatic carbocycles. The minimum atomic E-state index is -0.880. The third kappa shape index (κ3) is 3.29. The van der Waals surface area contributed by atoms with Gasteiger partial charge in [0.15, 0.2) is 0 Å². The van der Waals surface area contributed by atoms with Gasteiger partial charge in [0.2, 0.25) is 0 Å². The number of rotatable bonds is 6. The molecule has 108 valence electrons. The monoisotopic (exact) mass is 277 g/mol. The van der Waals surface area contributed by atoms with Crippen molar-refractivity contribution in [2.24, 2.45) is 5.92 Å². The van der Waals surface area contributed by atoms with Gasteiger partial charge in [-0.2, -0.15) is 0 Å². The Hall–Kier alpha value is -2.04. The molecule has 1 aliphatic rings. The average molecular weight is 277 g/mol. The Morgan fingerprint density at radius 3 is 2.70 bits per heavy atom. The van der Waals surface area contributed by atoms with Gasteiger partial charge in [-0.15, -0.1) is 0 Å². The van der Waals surface area contributed by atoms with Crippen molar-refractivity contribution < 1.29 is 19.4 Å². The zero-order valence-corrected chi connectivity index (χ0v) is 11.7. The summed E-state index contributed by atoms with van der Waals surface area (Å²) in [5.41, 5.74) is 0.536. The Balaban J connectivity index is 2.16. The fraction of sp³-hybridized carbons (Fsp3) is 0.467. The van der Waals surface area contributed by atoms with Crippen molar-refractivity contribution in [1.29, 1.82) is 0 Å². The van der Waals surface area contributed by atoms with Crippen molar-refractivity contribution in [3.63, 3.8) is 0 Å². The number of hydrogen-bond acceptors (Lipinski definition) is 3. The lowest BCUT2D eigenvalue weighted by atomic mass is 10.1. The molecule has 5 nitrogen and oxygen atoms in total. The van der Waals surface area contributed by atoms with E-state index in [1.165, 1.54) is 0 Å². The smallest absolute Gasteiger partial charge is 0.308 e. The Kier molecular flexibility index (Phi) is 4.27. The molecule has 1 unspecified atom stereocenters. The first-order valence-corrected chi connectivity index (χ1v) is 6.70. The number of hydrogen-bond donors (Lipinski definition) is 1. The largest absolute Gasteiger partial charge is 0.497 e. The number of carboxylic acids is 1. The molecule has 0 heterocycles. The van der Waals surface area contributed by atoms with Crippen LogP contribution < -0.4 is 4.74 Å². The molecule has 20 heavy (non-hydrogen) atoms. The number of methoxy groups -OCH3 is 1. The Labute approximate surface area is 118 Å². The van der Waals surface area contributed by atoms with E-state index in [0.717, 1.165) is 12.8 Å². The number of aliphatic carboxylic acids is 1. The number of benzene rings is 1. The quantitative estimate of drug-likeness (QED) is 0.864. The van der Waals surface area contributed by atoms with Gasteiger partial charge >= 0.3 is 5.97 Å². The number of nitrogens with zero attached hydrogens (tertiary/aromatic N) is 1. The summed E-state index contributed by atoms with van der Waals surface area (Å²) in [7, 11) is 1.55. The molecule has 1 fully saturated rings. The zero-order chi connectivity index (χ0) is 14.7. The maximum absolute atomic E-state index is 12.5. The van der Waals surface area contributed by atoms with E-state index in [-0.39, 0.29) is 18.5 Å². The van der Waals surface area contributed by atoms with E-state index in [1.54, 1.807) is 43.2 Å². The van der Waals surface area contributed by atoms with E-state index in [1.807, 2.05) is 0 Å². The number of amides is 1. The molecule has 0 aromatic heterocycles. The minimum absolute atomic E-state index is 0.125. The number of carboxylic acid groups (broad SMARTS) is 1. The van der Waals surface area contributed by atoms with Gasteiger partial charge in [-0.1, -0.05) is 13.0 Å². The molecule has 1 atom stereocenters. The van der Waals surface area contributed by atoms with Gasteiger partial charge in [0.1, 0.15) is 5.75 Å². The first-order valence-electron chi connectivity index (χ1n) is 6.70. The standard InChI is InChI=1S/C15H19NO4/c1-10(15(18)19)9-16(12-6-7-12)14(17)11-4-3-5-13(8-11)20-2/h3-5,8,10,12H,6-7,9H2,1-2H3,(H,18,19). The molecule has 0 saturated heterocycles. The third-order valence-electron chi connectivity index (χ3n) is 3.46. The summed E-state index contributed by atoms with van der Waals surface area (Å²) in [6, 6.07) is 7.13. The maximum Gasteiger partial charge on any atom is 0.308 e. The SMILES string of the molecule is COc1cccc(C(=O)N(CC(C)C(=O)O)C2CC2)c1. The van der Waals surface area contributed by atoms with E-state index in [4.69, 9.17) is 9.84 Å². The molecule has 5 heteroatoms. The van der Waals surface area contributed by atoms with Gasteiger partial charge in [0.25, 0.3) is 5.91 Å².